The lowest BCUT2D eigenvalue weighted by Crippen LogP contribution is -2.45. The van der Waals surface area contributed by atoms with Crippen LogP contribution in [-0.4, -0.2) is 54.0 Å². The number of amides is 1. The van der Waals surface area contributed by atoms with E-state index in [-0.39, 0.29) is 5.91 Å². The van der Waals surface area contributed by atoms with E-state index in [4.69, 9.17) is 0 Å². The van der Waals surface area contributed by atoms with E-state index in [0.717, 1.165) is 49.4 Å². The van der Waals surface area contributed by atoms with E-state index in [0.29, 0.717) is 11.5 Å². The highest BCUT2D eigenvalue weighted by Gasteiger charge is 2.17. The summed E-state index contributed by atoms with van der Waals surface area (Å²) in [5, 5.41) is 3.01. The number of para-hydroxylation sites is 1. The van der Waals surface area contributed by atoms with Crippen LogP contribution in [0.3, 0.4) is 0 Å². The molecular weight excluding hydrogens is 314 g/mol. The van der Waals surface area contributed by atoms with Crippen LogP contribution in [0.2, 0.25) is 0 Å². The monoisotopic (exact) mass is 339 g/mol. The number of nitrogens with zero attached hydrogens (tertiary/aromatic N) is 4. The van der Waals surface area contributed by atoms with Gasteiger partial charge in [0.2, 0.25) is 5.95 Å². The maximum atomic E-state index is 12.6. The van der Waals surface area contributed by atoms with Gasteiger partial charge in [0.1, 0.15) is 0 Å². The molecule has 1 saturated heterocycles. The van der Waals surface area contributed by atoms with Gasteiger partial charge in [-0.3, -0.25) is 4.79 Å². The molecule has 0 bridgehead atoms. The van der Waals surface area contributed by atoms with Crippen LogP contribution in [-0.2, 0) is 6.42 Å². The summed E-state index contributed by atoms with van der Waals surface area (Å²) in [6, 6.07) is 6.05. The van der Waals surface area contributed by atoms with E-state index in [1.165, 1.54) is 0 Å². The molecule has 1 aromatic heterocycles. The fraction of sp³-hybridized carbons (Fsp3) is 0.421. The van der Waals surface area contributed by atoms with Crippen molar-refractivity contribution < 1.29 is 4.79 Å². The molecular formula is C19H25N5O. The van der Waals surface area contributed by atoms with Gasteiger partial charge in [0, 0.05) is 44.3 Å². The number of aryl methyl sites for hydroxylation is 2. The Morgan fingerprint density at radius 3 is 2.48 bits per heavy atom. The molecule has 6 nitrogen and oxygen atoms in total. The van der Waals surface area contributed by atoms with Crippen LogP contribution in [0, 0.1) is 6.92 Å². The number of likely N-dealkylation sites (N-methyl/N-ethyl adjacent to an activating group) is 1. The molecule has 0 atom stereocenters. The summed E-state index contributed by atoms with van der Waals surface area (Å²) >= 11 is 0. The van der Waals surface area contributed by atoms with Crippen LogP contribution < -0.4 is 10.2 Å². The number of hydrogen-bond donors (Lipinski definition) is 1. The molecule has 1 fully saturated rings. The molecule has 25 heavy (non-hydrogen) atoms. The molecule has 3 rings (SSSR count). The number of benzene rings is 1. The van der Waals surface area contributed by atoms with Crippen LogP contribution in [0.25, 0.3) is 0 Å². The Morgan fingerprint density at radius 1 is 1.16 bits per heavy atom. The van der Waals surface area contributed by atoms with Crippen molar-refractivity contribution in [2.75, 3.05) is 43.4 Å². The molecule has 1 N–H and O–H groups in total. The lowest BCUT2D eigenvalue weighted by Gasteiger charge is -2.32. The number of piperazine rings is 1. The minimum atomic E-state index is -0.172. The normalized spacial score (nSPS) is 15.2. The molecule has 0 aliphatic carbocycles. The zero-order valence-electron chi connectivity index (χ0n) is 15.1. The highest BCUT2D eigenvalue weighted by molar-refractivity contribution is 6.04. The van der Waals surface area contributed by atoms with Gasteiger partial charge in [-0.1, -0.05) is 25.1 Å². The average Bonchev–Trinajstić information content (AvgIpc) is 2.64. The maximum Gasteiger partial charge on any atom is 0.258 e. The van der Waals surface area contributed by atoms with Gasteiger partial charge in [-0.15, -0.1) is 0 Å². The first kappa shape index (κ1) is 17.4. The highest BCUT2D eigenvalue weighted by atomic mass is 16.1. The van der Waals surface area contributed by atoms with E-state index in [1.807, 2.05) is 25.1 Å². The number of aromatic nitrogens is 2. The second kappa shape index (κ2) is 7.61. The smallest absolute Gasteiger partial charge is 0.258 e. The summed E-state index contributed by atoms with van der Waals surface area (Å²) in [5.41, 5.74) is 3.55. The van der Waals surface area contributed by atoms with Crippen LogP contribution in [0.1, 0.15) is 28.4 Å². The van der Waals surface area contributed by atoms with Gasteiger partial charge in [-0.25, -0.2) is 9.97 Å². The molecule has 0 radical (unpaired) electrons. The number of carbonyl (C=O) groups excluding carboxylic acids is 1. The fourth-order valence-electron chi connectivity index (χ4n) is 3.00. The molecule has 6 heteroatoms. The lowest BCUT2D eigenvalue weighted by atomic mass is 10.1. The average molecular weight is 339 g/mol. The van der Waals surface area contributed by atoms with Crippen molar-refractivity contribution in [2.45, 2.75) is 20.3 Å². The van der Waals surface area contributed by atoms with Crippen molar-refractivity contribution in [1.82, 2.24) is 14.9 Å². The van der Waals surface area contributed by atoms with Crippen molar-refractivity contribution in [3.63, 3.8) is 0 Å². The standard InChI is InChI=1S/C19H25N5O/c1-4-15-7-5-6-14(2)17(15)22-18(25)16-12-20-19(21-13-16)24-10-8-23(3)9-11-24/h5-7,12-13H,4,8-11H2,1-3H3,(H,22,25). The van der Waals surface area contributed by atoms with Crippen molar-refractivity contribution in [3.05, 3.63) is 47.3 Å². The summed E-state index contributed by atoms with van der Waals surface area (Å²) in [6.45, 7) is 7.90. The van der Waals surface area contributed by atoms with Gasteiger partial charge in [-0.05, 0) is 31.5 Å². The molecule has 132 valence electrons. The number of anilines is 2. The van der Waals surface area contributed by atoms with Gasteiger partial charge in [-0.2, -0.15) is 0 Å². The Morgan fingerprint density at radius 2 is 1.84 bits per heavy atom. The summed E-state index contributed by atoms with van der Waals surface area (Å²) < 4.78 is 0. The number of rotatable bonds is 4. The lowest BCUT2D eigenvalue weighted by molar-refractivity contribution is 0.102. The number of carbonyl (C=O) groups is 1. The third-order valence-electron chi connectivity index (χ3n) is 4.67. The molecule has 1 aromatic carbocycles. The summed E-state index contributed by atoms with van der Waals surface area (Å²) in [7, 11) is 2.11. The van der Waals surface area contributed by atoms with Gasteiger partial charge >= 0.3 is 0 Å². The second-order valence-corrected chi connectivity index (χ2v) is 6.48. The minimum Gasteiger partial charge on any atom is -0.338 e. The van der Waals surface area contributed by atoms with E-state index in [2.05, 4.69) is 39.1 Å². The number of nitrogens with one attached hydrogen (secondary N) is 1. The van der Waals surface area contributed by atoms with Gasteiger partial charge in [0.05, 0.1) is 5.56 Å². The third-order valence-corrected chi connectivity index (χ3v) is 4.67. The van der Waals surface area contributed by atoms with Crippen molar-refractivity contribution in [3.8, 4) is 0 Å². The third kappa shape index (κ3) is 3.96. The first-order valence-electron chi connectivity index (χ1n) is 8.74. The molecule has 0 unspecified atom stereocenters. The predicted molar refractivity (Wildman–Crippen MR) is 100 cm³/mol. The van der Waals surface area contributed by atoms with Crippen LogP contribution in [0.5, 0.6) is 0 Å². The first-order valence-corrected chi connectivity index (χ1v) is 8.74. The highest BCUT2D eigenvalue weighted by Crippen LogP contribution is 2.22. The zero-order chi connectivity index (χ0) is 17.8. The summed E-state index contributed by atoms with van der Waals surface area (Å²) in [5.74, 6) is 0.517. The van der Waals surface area contributed by atoms with Gasteiger partial charge < -0.3 is 15.1 Å². The topological polar surface area (TPSA) is 61.4 Å². The Bertz CT molecular complexity index is 736. The van der Waals surface area contributed by atoms with E-state index in [9.17, 15) is 4.79 Å². The van der Waals surface area contributed by atoms with Crippen molar-refractivity contribution >= 4 is 17.5 Å². The Labute approximate surface area is 148 Å². The van der Waals surface area contributed by atoms with Crippen molar-refractivity contribution in [1.29, 1.82) is 0 Å². The Balaban J connectivity index is 1.71. The molecule has 0 saturated carbocycles. The quantitative estimate of drug-likeness (QED) is 0.926. The van der Waals surface area contributed by atoms with Crippen LogP contribution in [0.4, 0.5) is 11.6 Å². The van der Waals surface area contributed by atoms with Gasteiger partial charge in [0.15, 0.2) is 0 Å². The van der Waals surface area contributed by atoms with Gasteiger partial charge in [0.25, 0.3) is 5.91 Å². The van der Waals surface area contributed by atoms with Crippen molar-refractivity contribution in [2.24, 2.45) is 0 Å². The SMILES string of the molecule is CCc1cccc(C)c1NC(=O)c1cnc(N2CCN(C)CC2)nc1. The van der Waals surface area contributed by atoms with E-state index in [1.54, 1.807) is 12.4 Å². The first-order chi connectivity index (χ1) is 12.1. The molecule has 1 amide bonds. The predicted octanol–water partition coefficient (Wildman–Crippen LogP) is 2.35. The molecule has 1 aliphatic rings. The summed E-state index contributed by atoms with van der Waals surface area (Å²) in [4.78, 5) is 25.8. The molecule has 1 aliphatic heterocycles. The minimum absolute atomic E-state index is 0.172. The molecule has 0 spiro atoms. The zero-order valence-corrected chi connectivity index (χ0v) is 15.1. The van der Waals surface area contributed by atoms with E-state index < -0.39 is 0 Å². The van der Waals surface area contributed by atoms with Crippen LogP contribution >= 0.6 is 0 Å². The Hall–Kier alpha value is -2.47. The fourth-order valence-corrected chi connectivity index (χ4v) is 3.00. The second-order valence-electron chi connectivity index (χ2n) is 6.48. The van der Waals surface area contributed by atoms with E-state index >= 15 is 0 Å². The maximum absolute atomic E-state index is 12.6. The largest absolute Gasteiger partial charge is 0.338 e. The Kier molecular flexibility index (Phi) is 5.28. The summed E-state index contributed by atoms with van der Waals surface area (Å²) in [6.07, 6.45) is 4.09. The van der Waals surface area contributed by atoms with Crippen LogP contribution in [0.15, 0.2) is 30.6 Å². The molecule has 2 aromatic rings. The molecule has 2 heterocycles. The number of hydrogen-bond acceptors (Lipinski definition) is 5.